The number of benzene rings is 1. The number of ketones is 2. The van der Waals surface area contributed by atoms with E-state index in [1.54, 1.807) is 38.1 Å². The van der Waals surface area contributed by atoms with E-state index in [0.717, 1.165) is 5.56 Å². The molecule has 1 rings (SSSR count). The Kier molecular flexibility index (Phi) is 6.99. The highest BCUT2D eigenvalue weighted by Crippen LogP contribution is 2.28. The van der Waals surface area contributed by atoms with Gasteiger partial charge in [-0.25, -0.2) is 4.79 Å². The summed E-state index contributed by atoms with van der Waals surface area (Å²) >= 11 is 0. The van der Waals surface area contributed by atoms with Crippen LogP contribution in [0.3, 0.4) is 0 Å². The molecule has 0 aromatic heterocycles. The number of hydrogen-bond donors (Lipinski definition) is 0. The van der Waals surface area contributed by atoms with Gasteiger partial charge < -0.3 is 14.2 Å². The summed E-state index contributed by atoms with van der Waals surface area (Å²) in [5.74, 6) is -1.16. The van der Waals surface area contributed by atoms with E-state index in [-0.39, 0.29) is 6.61 Å². The molecule has 6 heteroatoms. The summed E-state index contributed by atoms with van der Waals surface area (Å²) in [6.07, 6.45) is 1.11. The number of carbonyl (C=O) groups is 3. The quantitative estimate of drug-likeness (QED) is 0.316. The van der Waals surface area contributed by atoms with Gasteiger partial charge in [-0.15, -0.1) is 0 Å². The van der Waals surface area contributed by atoms with Crippen LogP contribution < -0.4 is 9.47 Å². The first-order valence-electron chi connectivity index (χ1n) is 7.06. The fraction of sp³-hybridized carbons (Fsp3) is 0.353. The Morgan fingerprint density at radius 3 is 2.26 bits per heavy atom. The van der Waals surface area contributed by atoms with Crippen molar-refractivity contribution in [2.45, 2.75) is 20.3 Å². The van der Waals surface area contributed by atoms with Crippen LogP contribution >= 0.6 is 0 Å². The van der Waals surface area contributed by atoms with Crippen molar-refractivity contribution in [3.8, 4) is 11.5 Å². The topological polar surface area (TPSA) is 78.9 Å². The molecule has 1 aromatic carbocycles. The number of Topliss-reactive ketones (excluding diaryl/α,β-unsaturated/α-hetero) is 2. The molecule has 0 aliphatic carbocycles. The molecular formula is C17H20O6. The van der Waals surface area contributed by atoms with Crippen LogP contribution in [-0.4, -0.2) is 38.4 Å². The van der Waals surface area contributed by atoms with E-state index < -0.39 is 24.0 Å². The van der Waals surface area contributed by atoms with Crippen LogP contribution in [0, 0.1) is 0 Å². The van der Waals surface area contributed by atoms with Gasteiger partial charge in [0.25, 0.3) is 0 Å². The lowest BCUT2D eigenvalue weighted by atomic mass is 10.0. The zero-order valence-corrected chi connectivity index (χ0v) is 13.7. The predicted molar refractivity (Wildman–Crippen MR) is 84.5 cm³/mol. The Labute approximate surface area is 135 Å². The number of esters is 1. The average molecular weight is 320 g/mol. The second kappa shape index (κ2) is 8.73. The summed E-state index contributed by atoms with van der Waals surface area (Å²) < 4.78 is 14.9. The summed E-state index contributed by atoms with van der Waals surface area (Å²) in [5, 5.41) is 0. The fourth-order valence-electron chi connectivity index (χ4n) is 1.84. The van der Waals surface area contributed by atoms with Crippen molar-refractivity contribution in [2.24, 2.45) is 0 Å². The van der Waals surface area contributed by atoms with Crippen LogP contribution in [-0.2, 0) is 19.1 Å². The van der Waals surface area contributed by atoms with Crippen LogP contribution in [0.5, 0.6) is 11.5 Å². The SMILES string of the molecule is CCOC(=O)C(=O)CC(=O)/C(C)=C\c1ccc(OC)c(OC)c1. The Balaban J connectivity index is 2.85. The first-order valence-corrected chi connectivity index (χ1v) is 7.06. The van der Waals surface area contributed by atoms with Crippen molar-refractivity contribution in [3.05, 3.63) is 29.3 Å². The third-order valence-electron chi connectivity index (χ3n) is 3.05. The third kappa shape index (κ3) is 5.25. The molecule has 124 valence electrons. The van der Waals surface area contributed by atoms with Gasteiger partial charge in [0.2, 0.25) is 5.78 Å². The maximum atomic E-state index is 12.0. The van der Waals surface area contributed by atoms with Gasteiger partial charge in [0, 0.05) is 0 Å². The Bertz CT molecular complexity index is 630. The molecular weight excluding hydrogens is 300 g/mol. The molecule has 0 saturated carbocycles. The number of methoxy groups -OCH3 is 2. The molecule has 23 heavy (non-hydrogen) atoms. The van der Waals surface area contributed by atoms with E-state index in [4.69, 9.17) is 9.47 Å². The van der Waals surface area contributed by atoms with E-state index in [2.05, 4.69) is 4.74 Å². The van der Waals surface area contributed by atoms with Gasteiger partial charge in [0.1, 0.15) is 0 Å². The molecule has 0 aliphatic rings. The number of hydrogen-bond acceptors (Lipinski definition) is 6. The molecule has 0 bridgehead atoms. The summed E-state index contributed by atoms with van der Waals surface area (Å²) in [5.41, 5.74) is 1.08. The molecule has 0 aliphatic heterocycles. The first kappa shape index (κ1) is 18.4. The number of carbonyl (C=O) groups excluding carboxylic acids is 3. The minimum Gasteiger partial charge on any atom is -0.493 e. The summed E-state index contributed by atoms with van der Waals surface area (Å²) in [7, 11) is 3.05. The van der Waals surface area contributed by atoms with Crippen molar-refractivity contribution < 1.29 is 28.6 Å². The number of allylic oxidation sites excluding steroid dienone is 1. The predicted octanol–water partition coefficient (Wildman–Crippen LogP) is 2.20. The molecule has 1 aromatic rings. The van der Waals surface area contributed by atoms with Crippen LogP contribution in [0.25, 0.3) is 6.08 Å². The van der Waals surface area contributed by atoms with Crippen LogP contribution in [0.2, 0.25) is 0 Å². The summed E-state index contributed by atoms with van der Waals surface area (Å²) in [6.45, 7) is 3.27. The lowest BCUT2D eigenvalue weighted by Crippen LogP contribution is -2.20. The lowest BCUT2D eigenvalue weighted by molar-refractivity contribution is -0.154. The Hall–Kier alpha value is -2.63. The van der Waals surface area contributed by atoms with Gasteiger partial charge in [-0.1, -0.05) is 6.07 Å². The average Bonchev–Trinajstić information content (AvgIpc) is 2.54. The molecule has 0 N–H and O–H groups in total. The fourth-order valence-corrected chi connectivity index (χ4v) is 1.84. The van der Waals surface area contributed by atoms with E-state index in [1.807, 2.05) is 0 Å². The standard InChI is InChI=1S/C17H20O6/c1-5-23-17(20)14(19)10-13(18)11(2)8-12-6-7-15(21-3)16(9-12)22-4/h6-9H,5,10H2,1-4H3/b11-8-. The van der Waals surface area contributed by atoms with Gasteiger partial charge in [-0.05, 0) is 43.2 Å². The van der Waals surface area contributed by atoms with E-state index in [1.165, 1.54) is 14.2 Å². The third-order valence-corrected chi connectivity index (χ3v) is 3.05. The number of ether oxygens (including phenoxy) is 3. The smallest absolute Gasteiger partial charge is 0.375 e. The van der Waals surface area contributed by atoms with Crippen molar-refractivity contribution in [1.29, 1.82) is 0 Å². The minimum absolute atomic E-state index is 0.0965. The molecule has 0 atom stereocenters. The summed E-state index contributed by atoms with van der Waals surface area (Å²) in [4.78, 5) is 34.8. The van der Waals surface area contributed by atoms with Crippen molar-refractivity contribution in [2.75, 3.05) is 20.8 Å². The second-order valence-electron chi connectivity index (χ2n) is 4.69. The molecule has 6 nitrogen and oxygen atoms in total. The molecule has 0 heterocycles. The van der Waals surface area contributed by atoms with Crippen LogP contribution in [0.15, 0.2) is 23.8 Å². The molecule has 0 unspecified atom stereocenters. The zero-order valence-electron chi connectivity index (χ0n) is 13.7. The zero-order chi connectivity index (χ0) is 17.4. The lowest BCUT2D eigenvalue weighted by Gasteiger charge is -2.08. The second-order valence-corrected chi connectivity index (χ2v) is 4.69. The highest BCUT2D eigenvalue weighted by Gasteiger charge is 2.19. The molecule has 0 radical (unpaired) electrons. The largest absolute Gasteiger partial charge is 0.493 e. The maximum absolute atomic E-state index is 12.0. The van der Waals surface area contributed by atoms with E-state index >= 15 is 0 Å². The Morgan fingerprint density at radius 1 is 1.04 bits per heavy atom. The molecule has 0 fully saturated rings. The van der Waals surface area contributed by atoms with E-state index in [0.29, 0.717) is 17.1 Å². The van der Waals surface area contributed by atoms with Gasteiger partial charge in [-0.2, -0.15) is 0 Å². The van der Waals surface area contributed by atoms with Gasteiger partial charge in [-0.3, -0.25) is 9.59 Å². The first-order chi connectivity index (χ1) is 10.9. The highest BCUT2D eigenvalue weighted by molar-refractivity contribution is 6.38. The van der Waals surface area contributed by atoms with Crippen LogP contribution in [0.1, 0.15) is 25.8 Å². The van der Waals surface area contributed by atoms with E-state index in [9.17, 15) is 14.4 Å². The Morgan fingerprint density at radius 2 is 1.70 bits per heavy atom. The molecule has 0 saturated heterocycles. The highest BCUT2D eigenvalue weighted by atomic mass is 16.5. The maximum Gasteiger partial charge on any atom is 0.375 e. The number of rotatable bonds is 8. The van der Waals surface area contributed by atoms with Gasteiger partial charge in [0.15, 0.2) is 17.3 Å². The van der Waals surface area contributed by atoms with Crippen molar-refractivity contribution in [3.63, 3.8) is 0 Å². The molecule has 0 spiro atoms. The minimum atomic E-state index is -0.986. The normalized spacial score (nSPS) is 10.9. The monoisotopic (exact) mass is 320 g/mol. The van der Waals surface area contributed by atoms with Crippen molar-refractivity contribution in [1.82, 2.24) is 0 Å². The van der Waals surface area contributed by atoms with Crippen LogP contribution in [0.4, 0.5) is 0 Å². The van der Waals surface area contributed by atoms with Gasteiger partial charge >= 0.3 is 5.97 Å². The summed E-state index contributed by atoms with van der Waals surface area (Å²) in [6, 6.07) is 5.18. The van der Waals surface area contributed by atoms with Gasteiger partial charge in [0.05, 0.1) is 27.2 Å². The van der Waals surface area contributed by atoms with Crippen molar-refractivity contribution >= 4 is 23.6 Å². The molecule has 0 amide bonds.